The molecule has 0 aliphatic heterocycles. The van der Waals surface area contributed by atoms with Crippen LogP contribution in [-0.4, -0.2) is 9.67 Å². The molecular formula is C48H55N2O+. The summed E-state index contributed by atoms with van der Waals surface area (Å²) >= 11 is 0. The lowest BCUT2D eigenvalue weighted by atomic mass is 9.82. The summed E-state index contributed by atoms with van der Waals surface area (Å²) in [6.07, 6.45) is 3.94. The van der Waals surface area contributed by atoms with Crippen LogP contribution in [0.1, 0.15) is 119 Å². The minimum absolute atomic E-state index is 0.0947. The third-order valence-corrected chi connectivity index (χ3v) is 10.1. The Morgan fingerprint density at radius 1 is 0.627 bits per heavy atom. The SMILES string of the molecule is [2H]c1cc(C([2H])(C)C)c(-n2cc[n+](C)c2-c2c(C)ccc(-c3ccc(-c4c(C([2H])(C)C)cc(-c5ccccc5)cc4C([2H])(C)C)cc3O)c2C)c(C([2H])(C)C)c1. The molecule has 262 valence electrons. The van der Waals surface area contributed by atoms with Gasteiger partial charge in [0.25, 0.3) is 5.82 Å². The smallest absolute Gasteiger partial charge is 0.294 e. The van der Waals surface area contributed by atoms with Crippen LogP contribution in [0.15, 0.2) is 103 Å². The summed E-state index contributed by atoms with van der Waals surface area (Å²) in [5.74, 6) is -3.12. The molecule has 1 aromatic heterocycles. The van der Waals surface area contributed by atoms with Crippen LogP contribution in [0.4, 0.5) is 0 Å². The highest BCUT2D eigenvalue weighted by Crippen LogP contribution is 2.44. The van der Waals surface area contributed by atoms with Crippen molar-refractivity contribution in [1.29, 1.82) is 0 Å². The van der Waals surface area contributed by atoms with Crippen molar-refractivity contribution in [2.75, 3.05) is 0 Å². The van der Waals surface area contributed by atoms with Gasteiger partial charge >= 0.3 is 0 Å². The van der Waals surface area contributed by atoms with E-state index in [4.69, 9.17) is 4.11 Å². The molecule has 1 heterocycles. The van der Waals surface area contributed by atoms with Gasteiger partial charge in [0.05, 0.1) is 14.0 Å². The second-order valence-corrected chi connectivity index (χ2v) is 14.7. The van der Waals surface area contributed by atoms with Gasteiger partial charge in [-0.25, -0.2) is 4.57 Å². The van der Waals surface area contributed by atoms with E-state index >= 15 is 0 Å². The van der Waals surface area contributed by atoms with Gasteiger partial charge in [0.2, 0.25) is 0 Å². The second kappa shape index (κ2) is 14.4. The monoisotopic (exact) mass is 680 g/mol. The summed E-state index contributed by atoms with van der Waals surface area (Å²) in [5, 5.41) is 11.9. The number of rotatable bonds is 9. The van der Waals surface area contributed by atoms with Crippen molar-refractivity contribution >= 4 is 0 Å². The molecule has 5 aromatic carbocycles. The highest BCUT2D eigenvalue weighted by atomic mass is 16.3. The summed E-state index contributed by atoms with van der Waals surface area (Å²) in [6.45, 7) is 18.9. The van der Waals surface area contributed by atoms with E-state index in [1.165, 1.54) is 0 Å². The van der Waals surface area contributed by atoms with Crippen molar-refractivity contribution in [1.82, 2.24) is 4.57 Å². The van der Waals surface area contributed by atoms with E-state index < -0.39 is 23.6 Å². The number of phenolic OH excluding ortho intramolecular Hbond substituents is 1. The third kappa shape index (κ3) is 6.67. The molecule has 3 heteroatoms. The van der Waals surface area contributed by atoms with Crippen molar-refractivity contribution < 1.29 is 16.5 Å². The van der Waals surface area contributed by atoms with E-state index in [0.29, 0.717) is 16.7 Å². The number of phenols is 1. The molecule has 0 fully saturated rings. The van der Waals surface area contributed by atoms with Gasteiger partial charge in [-0.3, -0.25) is 0 Å². The van der Waals surface area contributed by atoms with Gasteiger partial charge in [-0.2, -0.15) is 4.57 Å². The number of aromatic hydroxyl groups is 1. The van der Waals surface area contributed by atoms with Crippen molar-refractivity contribution in [2.45, 2.75) is 92.8 Å². The van der Waals surface area contributed by atoms with E-state index in [9.17, 15) is 7.85 Å². The van der Waals surface area contributed by atoms with Gasteiger partial charge in [-0.15, -0.1) is 0 Å². The number of nitrogens with zero attached hydrogens (tertiary/aromatic N) is 2. The maximum Gasteiger partial charge on any atom is 0.294 e. The largest absolute Gasteiger partial charge is 0.507 e. The van der Waals surface area contributed by atoms with Crippen molar-refractivity contribution in [3.63, 3.8) is 0 Å². The number of para-hydroxylation sites is 1. The van der Waals surface area contributed by atoms with Crippen LogP contribution in [0.3, 0.4) is 0 Å². The summed E-state index contributed by atoms with van der Waals surface area (Å²) in [6, 6.07) is 27.7. The number of benzene rings is 5. The average Bonchev–Trinajstić information content (AvgIpc) is 3.46. The molecule has 0 saturated heterocycles. The Labute approximate surface area is 313 Å². The summed E-state index contributed by atoms with van der Waals surface area (Å²) in [7, 11) is 1.99. The van der Waals surface area contributed by atoms with Crippen LogP contribution in [0.25, 0.3) is 50.5 Å². The molecule has 0 spiro atoms. The zero-order valence-corrected chi connectivity index (χ0v) is 32.1. The molecule has 0 bridgehead atoms. The molecular weight excluding hydrogens is 621 g/mol. The standard InChI is InChI=1S/C48H54N2O/c1-29(2)38-18-15-19-39(30(3)4)47(38)50-25-24-49(11)48(50)45-33(9)20-22-40(34(45)10)41-23-21-36(28-44(41)51)46-42(31(5)6)26-37(27-43(46)32(7)8)35-16-13-12-14-17-35/h12-32H,1-11H3/p+1/i15D,29D,30D,31D,32D. The maximum atomic E-state index is 11.9. The number of imidazole rings is 1. The number of hydrogen-bond acceptors (Lipinski definition) is 1. The van der Waals surface area contributed by atoms with Crippen LogP contribution in [0, 0.1) is 13.8 Å². The van der Waals surface area contributed by atoms with Gasteiger partial charge in [0.1, 0.15) is 23.8 Å². The first-order valence-corrected chi connectivity index (χ1v) is 17.8. The predicted octanol–water partition coefficient (Wildman–Crippen LogP) is 12.8. The van der Waals surface area contributed by atoms with Gasteiger partial charge in [-0.05, 0) is 93.6 Å². The Morgan fingerprint density at radius 3 is 1.75 bits per heavy atom. The van der Waals surface area contributed by atoms with Crippen LogP contribution >= 0.6 is 0 Å². The number of hydrogen-bond donors (Lipinski definition) is 1. The van der Waals surface area contributed by atoms with Crippen molar-refractivity contribution in [3.05, 3.63) is 137 Å². The fraction of sp³-hybridized carbons (Fsp3) is 0.312. The van der Waals surface area contributed by atoms with Crippen LogP contribution in [-0.2, 0) is 7.05 Å². The molecule has 0 aliphatic carbocycles. The first kappa shape index (κ1) is 29.8. The highest BCUT2D eigenvalue weighted by molar-refractivity contribution is 5.85. The molecule has 6 rings (SSSR count). The van der Waals surface area contributed by atoms with Crippen molar-refractivity contribution in [3.8, 4) is 56.2 Å². The summed E-state index contributed by atoms with van der Waals surface area (Å²) in [4.78, 5) is 0. The maximum absolute atomic E-state index is 11.9. The Kier molecular flexibility index (Phi) is 8.41. The highest BCUT2D eigenvalue weighted by Gasteiger charge is 2.29. The molecule has 3 nitrogen and oxygen atoms in total. The fourth-order valence-corrected chi connectivity index (χ4v) is 7.40. The quantitative estimate of drug-likeness (QED) is 0.151. The predicted molar refractivity (Wildman–Crippen MR) is 216 cm³/mol. The third-order valence-electron chi connectivity index (χ3n) is 10.1. The average molecular weight is 681 g/mol. The molecule has 0 atom stereocenters. The van der Waals surface area contributed by atoms with E-state index in [1.807, 2.05) is 128 Å². The normalized spacial score (nSPS) is 14.1. The topological polar surface area (TPSA) is 29.0 Å². The van der Waals surface area contributed by atoms with E-state index in [-0.39, 0.29) is 11.8 Å². The molecule has 0 amide bonds. The van der Waals surface area contributed by atoms with Crippen LogP contribution in [0.2, 0.25) is 0 Å². The second-order valence-electron chi connectivity index (χ2n) is 14.7. The number of aromatic nitrogens is 2. The lowest BCUT2D eigenvalue weighted by Gasteiger charge is -2.23. The Balaban J connectivity index is 1.56. The number of aryl methyl sites for hydroxylation is 2. The van der Waals surface area contributed by atoms with Crippen LogP contribution < -0.4 is 4.57 Å². The van der Waals surface area contributed by atoms with Crippen LogP contribution in [0.5, 0.6) is 5.75 Å². The van der Waals surface area contributed by atoms with Gasteiger partial charge in [0.15, 0.2) is 0 Å². The minimum atomic E-state index is -1.04. The van der Waals surface area contributed by atoms with E-state index in [0.717, 1.165) is 67.1 Å². The van der Waals surface area contributed by atoms with E-state index in [1.54, 1.807) is 18.2 Å². The molecule has 0 unspecified atom stereocenters. The zero-order chi connectivity index (χ0) is 41.3. The molecule has 0 aliphatic rings. The Bertz CT molecular complexity index is 2380. The first-order valence-electron chi connectivity index (χ1n) is 20.3. The Hall–Kier alpha value is -4.89. The summed E-state index contributed by atoms with van der Waals surface area (Å²) in [5.41, 5.74) is 11.6. The van der Waals surface area contributed by atoms with Crippen molar-refractivity contribution in [2.24, 2.45) is 7.05 Å². The van der Waals surface area contributed by atoms with Gasteiger partial charge in [0, 0.05) is 22.2 Å². The Morgan fingerprint density at radius 2 is 1.20 bits per heavy atom. The summed E-state index contributed by atoms with van der Waals surface area (Å²) < 4.78 is 49.4. The molecule has 0 saturated carbocycles. The molecule has 6 aromatic rings. The first-order chi connectivity index (χ1) is 25.9. The molecule has 1 N–H and O–H groups in total. The van der Waals surface area contributed by atoms with E-state index in [2.05, 4.69) is 36.6 Å². The lowest BCUT2D eigenvalue weighted by Crippen LogP contribution is -2.30. The zero-order valence-electron chi connectivity index (χ0n) is 37.1. The molecule has 0 radical (unpaired) electrons. The fourth-order valence-electron chi connectivity index (χ4n) is 7.40. The lowest BCUT2D eigenvalue weighted by molar-refractivity contribution is -0.659. The minimum Gasteiger partial charge on any atom is -0.507 e. The van der Waals surface area contributed by atoms with Gasteiger partial charge in [-0.1, -0.05) is 140 Å². The molecule has 51 heavy (non-hydrogen) atoms. The van der Waals surface area contributed by atoms with Gasteiger partial charge < -0.3 is 5.11 Å².